The second-order valence-corrected chi connectivity index (χ2v) is 8.85. The highest BCUT2D eigenvalue weighted by atomic mass is 32.2. The summed E-state index contributed by atoms with van der Waals surface area (Å²) in [5.41, 5.74) is 1.77. The molecular formula is C21H23NO6S. The van der Waals surface area contributed by atoms with Gasteiger partial charge in [-0.15, -0.1) is 0 Å². The normalized spacial score (nSPS) is 14.2. The van der Waals surface area contributed by atoms with Crippen molar-refractivity contribution in [1.29, 1.82) is 0 Å². The van der Waals surface area contributed by atoms with Crippen LogP contribution in [0.1, 0.15) is 29.8 Å². The molecule has 0 aliphatic carbocycles. The number of carbonyl (C=O) groups excluding carboxylic acids is 2. The fourth-order valence-corrected chi connectivity index (χ4v) is 4.24. The fourth-order valence-electron chi connectivity index (χ4n) is 3.08. The monoisotopic (exact) mass is 417 g/mol. The molecule has 0 unspecified atom stereocenters. The average Bonchev–Trinajstić information content (AvgIpc) is 3.16. The summed E-state index contributed by atoms with van der Waals surface area (Å²) in [5, 5.41) is 0. The van der Waals surface area contributed by atoms with Crippen molar-refractivity contribution in [3.8, 4) is 5.75 Å². The molecule has 3 rings (SSSR count). The molecule has 1 aliphatic heterocycles. The highest BCUT2D eigenvalue weighted by Gasteiger charge is 2.28. The van der Waals surface area contributed by atoms with E-state index in [4.69, 9.17) is 9.47 Å². The van der Waals surface area contributed by atoms with E-state index in [1.807, 2.05) is 6.07 Å². The van der Waals surface area contributed by atoms with Crippen molar-refractivity contribution in [2.75, 3.05) is 23.2 Å². The van der Waals surface area contributed by atoms with Gasteiger partial charge in [-0.2, -0.15) is 0 Å². The van der Waals surface area contributed by atoms with Crippen molar-refractivity contribution >= 4 is 27.5 Å². The zero-order chi connectivity index (χ0) is 21.0. The summed E-state index contributed by atoms with van der Waals surface area (Å²) in [6.07, 6.45) is -0.310. The Labute approximate surface area is 170 Å². The van der Waals surface area contributed by atoms with Gasteiger partial charge in [0.2, 0.25) is 10.0 Å². The lowest BCUT2D eigenvalue weighted by Gasteiger charge is -2.18. The van der Waals surface area contributed by atoms with Crippen molar-refractivity contribution in [1.82, 2.24) is 0 Å². The number of rotatable bonds is 8. The van der Waals surface area contributed by atoms with Gasteiger partial charge in [-0.1, -0.05) is 18.2 Å². The van der Waals surface area contributed by atoms with Crippen molar-refractivity contribution in [3.05, 3.63) is 59.7 Å². The molecule has 8 heteroatoms. The molecule has 154 valence electrons. The number of anilines is 1. The minimum absolute atomic E-state index is 0.0201. The lowest BCUT2D eigenvalue weighted by molar-refractivity contribution is -0.149. The maximum Gasteiger partial charge on any atom is 0.347 e. The molecule has 0 amide bonds. The van der Waals surface area contributed by atoms with Crippen LogP contribution in [0.25, 0.3) is 0 Å². The highest BCUT2D eigenvalue weighted by molar-refractivity contribution is 7.92. The maximum atomic E-state index is 12.4. The third-order valence-electron chi connectivity index (χ3n) is 4.69. The molecule has 29 heavy (non-hydrogen) atoms. The third-order valence-corrected chi connectivity index (χ3v) is 6.47. The Kier molecular flexibility index (Phi) is 6.22. The first-order chi connectivity index (χ1) is 13.8. The number of para-hydroxylation sites is 1. The van der Waals surface area contributed by atoms with Crippen LogP contribution in [0, 0.1) is 0 Å². The van der Waals surface area contributed by atoms with Crippen LogP contribution in [0.2, 0.25) is 0 Å². The smallest absolute Gasteiger partial charge is 0.347 e. The average molecular weight is 417 g/mol. The van der Waals surface area contributed by atoms with Crippen molar-refractivity contribution in [2.24, 2.45) is 0 Å². The van der Waals surface area contributed by atoms with E-state index >= 15 is 0 Å². The van der Waals surface area contributed by atoms with Crippen LogP contribution in [0.4, 0.5) is 5.69 Å². The summed E-state index contributed by atoms with van der Waals surface area (Å²) in [6, 6.07) is 13.7. The van der Waals surface area contributed by atoms with Gasteiger partial charge in [-0.05, 0) is 56.2 Å². The quantitative estimate of drug-likeness (QED) is 0.484. The molecular weight excluding hydrogens is 394 g/mol. The lowest BCUT2D eigenvalue weighted by atomic mass is 10.1. The maximum absolute atomic E-state index is 12.4. The first-order valence-corrected chi connectivity index (χ1v) is 11.0. The molecule has 2 aromatic carbocycles. The molecule has 0 fully saturated rings. The Morgan fingerprint density at radius 1 is 1.14 bits per heavy atom. The number of nitrogens with zero attached hydrogens (tertiary/aromatic N) is 1. The molecule has 0 saturated heterocycles. The number of benzene rings is 2. The molecule has 0 aromatic heterocycles. The van der Waals surface area contributed by atoms with Crippen LogP contribution in [0.15, 0.2) is 48.5 Å². The highest BCUT2D eigenvalue weighted by Crippen LogP contribution is 2.31. The number of hydrogen-bond donors (Lipinski definition) is 0. The fraction of sp³-hybridized carbons (Fsp3) is 0.333. The number of Topliss-reactive ketones (excluding diaryl/α,β-unsaturated/α-hetero) is 1. The summed E-state index contributed by atoms with van der Waals surface area (Å²) < 4.78 is 36.2. The summed E-state index contributed by atoms with van der Waals surface area (Å²) in [7, 11) is -3.34. The number of carbonyl (C=O) groups is 2. The number of ketones is 1. The Hall–Kier alpha value is -2.87. The zero-order valence-electron chi connectivity index (χ0n) is 16.3. The first-order valence-electron chi connectivity index (χ1n) is 9.36. The third kappa shape index (κ3) is 4.76. The first kappa shape index (κ1) is 20.9. The predicted molar refractivity (Wildman–Crippen MR) is 109 cm³/mol. The van der Waals surface area contributed by atoms with E-state index in [2.05, 4.69) is 0 Å². The molecule has 1 aliphatic rings. The van der Waals surface area contributed by atoms with Crippen LogP contribution in [0.5, 0.6) is 5.75 Å². The Morgan fingerprint density at radius 3 is 2.55 bits per heavy atom. The van der Waals surface area contributed by atoms with E-state index < -0.39 is 28.7 Å². The van der Waals surface area contributed by atoms with Gasteiger partial charge in [0.15, 0.2) is 18.5 Å². The number of hydrogen-bond acceptors (Lipinski definition) is 6. The SMILES string of the molecule is CCS(=O)(=O)N1CCc2cc(C(=O)COC(=O)[C@H](C)Oc3ccccc3)ccc21. The molecule has 1 atom stereocenters. The molecule has 2 aromatic rings. The number of esters is 1. The Balaban J connectivity index is 1.60. The summed E-state index contributed by atoms with van der Waals surface area (Å²) in [4.78, 5) is 24.5. The predicted octanol–water partition coefficient (Wildman–Crippen LogP) is 2.59. The second-order valence-electron chi connectivity index (χ2n) is 6.67. The van der Waals surface area contributed by atoms with Crippen LogP contribution >= 0.6 is 0 Å². The molecule has 0 radical (unpaired) electrons. The Morgan fingerprint density at radius 2 is 1.86 bits per heavy atom. The van der Waals surface area contributed by atoms with Gasteiger partial charge in [-0.3, -0.25) is 9.10 Å². The standard InChI is InChI=1S/C21H23NO6S/c1-3-29(25,26)22-12-11-16-13-17(9-10-19(16)22)20(23)14-27-21(24)15(2)28-18-7-5-4-6-8-18/h4-10,13,15H,3,11-12,14H2,1-2H3/t15-/m0/s1. The molecule has 1 heterocycles. The van der Waals surface area contributed by atoms with E-state index in [0.29, 0.717) is 30.0 Å². The minimum Gasteiger partial charge on any atom is -0.479 e. The van der Waals surface area contributed by atoms with E-state index in [1.54, 1.807) is 56.3 Å². The minimum atomic E-state index is -3.34. The second kappa shape index (κ2) is 8.65. The number of ether oxygens (including phenoxy) is 2. The summed E-state index contributed by atoms with van der Waals surface area (Å²) in [6.45, 7) is 3.11. The van der Waals surface area contributed by atoms with Gasteiger partial charge < -0.3 is 9.47 Å². The topological polar surface area (TPSA) is 90.0 Å². The largest absolute Gasteiger partial charge is 0.479 e. The van der Waals surface area contributed by atoms with Gasteiger partial charge in [0.05, 0.1) is 11.4 Å². The van der Waals surface area contributed by atoms with E-state index in [1.165, 1.54) is 4.31 Å². The van der Waals surface area contributed by atoms with Gasteiger partial charge in [0.1, 0.15) is 5.75 Å². The van der Waals surface area contributed by atoms with Crippen LogP contribution in [-0.4, -0.2) is 45.2 Å². The van der Waals surface area contributed by atoms with E-state index in [0.717, 1.165) is 5.56 Å². The Bertz CT molecular complexity index is 1000. The van der Waals surface area contributed by atoms with Crippen LogP contribution < -0.4 is 9.04 Å². The van der Waals surface area contributed by atoms with Crippen LogP contribution in [0.3, 0.4) is 0 Å². The van der Waals surface area contributed by atoms with Crippen molar-refractivity contribution in [3.63, 3.8) is 0 Å². The van der Waals surface area contributed by atoms with E-state index in [-0.39, 0.29) is 11.5 Å². The molecule has 0 saturated carbocycles. The lowest BCUT2D eigenvalue weighted by Crippen LogP contribution is -2.30. The van der Waals surface area contributed by atoms with Gasteiger partial charge in [0.25, 0.3) is 0 Å². The molecule has 7 nitrogen and oxygen atoms in total. The summed E-state index contributed by atoms with van der Waals surface area (Å²) in [5.74, 6) is -0.436. The van der Waals surface area contributed by atoms with Crippen LogP contribution in [-0.2, 0) is 26.0 Å². The molecule has 0 N–H and O–H groups in total. The number of sulfonamides is 1. The van der Waals surface area contributed by atoms with Crippen molar-refractivity contribution in [2.45, 2.75) is 26.4 Å². The van der Waals surface area contributed by atoms with Gasteiger partial charge in [-0.25, -0.2) is 13.2 Å². The zero-order valence-corrected chi connectivity index (χ0v) is 17.1. The van der Waals surface area contributed by atoms with Crippen molar-refractivity contribution < 1.29 is 27.5 Å². The molecule has 0 bridgehead atoms. The van der Waals surface area contributed by atoms with E-state index in [9.17, 15) is 18.0 Å². The molecule has 0 spiro atoms. The number of fused-ring (bicyclic) bond motifs is 1. The van der Waals surface area contributed by atoms with Gasteiger partial charge in [0, 0.05) is 12.1 Å². The van der Waals surface area contributed by atoms with Gasteiger partial charge >= 0.3 is 5.97 Å². The summed E-state index contributed by atoms with van der Waals surface area (Å²) >= 11 is 0.